The zero-order chi connectivity index (χ0) is 13.7. The largest absolute Gasteiger partial charge is 0.314 e. The lowest BCUT2D eigenvalue weighted by atomic mass is 10.0. The van der Waals surface area contributed by atoms with Crippen LogP contribution in [0, 0.1) is 13.8 Å². The van der Waals surface area contributed by atoms with Crippen molar-refractivity contribution in [2.24, 2.45) is 0 Å². The Hall–Kier alpha value is -1.19. The highest BCUT2D eigenvalue weighted by atomic mass is 32.1. The highest BCUT2D eigenvalue weighted by Gasteiger charge is 2.12. The van der Waals surface area contributed by atoms with Gasteiger partial charge in [-0.2, -0.15) is 0 Å². The molecule has 2 aromatic rings. The number of aromatic nitrogens is 1. The van der Waals surface area contributed by atoms with Gasteiger partial charge in [0, 0.05) is 17.3 Å². The van der Waals surface area contributed by atoms with Crippen molar-refractivity contribution in [2.75, 3.05) is 6.54 Å². The van der Waals surface area contributed by atoms with Crippen molar-refractivity contribution >= 4 is 11.3 Å². The summed E-state index contributed by atoms with van der Waals surface area (Å²) in [4.78, 5) is 5.99. The highest BCUT2D eigenvalue weighted by molar-refractivity contribution is 7.11. The molecule has 102 valence electrons. The minimum absolute atomic E-state index is 0.470. The maximum absolute atomic E-state index is 4.65. The van der Waals surface area contributed by atoms with E-state index in [4.69, 9.17) is 0 Å². The first-order valence-corrected chi connectivity index (χ1v) is 7.71. The number of likely N-dealkylation sites (N-methyl/N-ethyl adjacent to an activating group) is 1. The summed E-state index contributed by atoms with van der Waals surface area (Å²) in [6, 6.07) is 11.1. The van der Waals surface area contributed by atoms with Crippen LogP contribution in [0.1, 0.15) is 28.1 Å². The molecule has 0 amide bonds. The Morgan fingerprint density at radius 2 is 1.89 bits per heavy atom. The van der Waals surface area contributed by atoms with Gasteiger partial charge in [-0.3, -0.25) is 0 Å². The van der Waals surface area contributed by atoms with E-state index in [0.29, 0.717) is 6.04 Å². The normalized spacial score (nSPS) is 12.6. The Labute approximate surface area is 119 Å². The molecule has 1 N–H and O–H groups in total. The zero-order valence-corrected chi connectivity index (χ0v) is 12.8. The maximum Gasteiger partial charge on any atom is 0.0946 e. The number of benzene rings is 1. The van der Waals surface area contributed by atoms with Gasteiger partial charge in [0.1, 0.15) is 0 Å². The first-order chi connectivity index (χ1) is 9.19. The van der Waals surface area contributed by atoms with Gasteiger partial charge in [-0.25, -0.2) is 4.98 Å². The summed E-state index contributed by atoms with van der Waals surface area (Å²) in [6.45, 7) is 7.40. The number of nitrogens with one attached hydrogen (secondary N) is 1. The summed E-state index contributed by atoms with van der Waals surface area (Å²) in [5.74, 6) is 0. The fourth-order valence-electron chi connectivity index (χ4n) is 2.24. The molecule has 0 saturated heterocycles. The van der Waals surface area contributed by atoms with Crippen molar-refractivity contribution in [3.05, 3.63) is 51.5 Å². The second kappa shape index (κ2) is 6.83. The predicted octanol–water partition coefficient (Wildman–Crippen LogP) is 3.52. The van der Waals surface area contributed by atoms with E-state index in [2.05, 4.69) is 61.4 Å². The molecule has 19 heavy (non-hydrogen) atoms. The second-order valence-corrected chi connectivity index (χ2v) is 6.19. The van der Waals surface area contributed by atoms with E-state index in [1.807, 2.05) is 11.3 Å². The summed E-state index contributed by atoms with van der Waals surface area (Å²) in [5, 5.41) is 4.82. The number of hydrogen-bond acceptors (Lipinski definition) is 3. The summed E-state index contributed by atoms with van der Waals surface area (Å²) < 4.78 is 0. The Morgan fingerprint density at radius 1 is 1.16 bits per heavy atom. The fourth-order valence-corrected chi connectivity index (χ4v) is 3.25. The minimum atomic E-state index is 0.470. The molecule has 0 aliphatic heterocycles. The van der Waals surface area contributed by atoms with Crippen LogP contribution in [0.5, 0.6) is 0 Å². The van der Waals surface area contributed by atoms with E-state index in [1.165, 1.54) is 21.1 Å². The molecule has 3 heteroatoms. The van der Waals surface area contributed by atoms with Crippen LogP contribution in [0.3, 0.4) is 0 Å². The van der Waals surface area contributed by atoms with Crippen molar-refractivity contribution < 1.29 is 0 Å². The van der Waals surface area contributed by atoms with Crippen molar-refractivity contribution in [3.8, 4) is 0 Å². The van der Waals surface area contributed by atoms with Crippen LogP contribution in [-0.2, 0) is 12.8 Å². The average molecular weight is 274 g/mol. The van der Waals surface area contributed by atoms with Gasteiger partial charge in [-0.1, -0.05) is 37.3 Å². The van der Waals surface area contributed by atoms with Crippen molar-refractivity contribution in [1.29, 1.82) is 0 Å². The molecule has 0 aliphatic rings. The Balaban J connectivity index is 2.03. The second-order valence-electron chi connectivity index (χ2n) is 4.90. The van der Waals surface area contributed by atoms with Gasteiger partial charge in [-0.05, 0) is 32.4 Å². The van der Waals surface area contributed by atoms with Crippen LogP contribution in [-0.4, -0.2) is 17.6 Å². The van der Waals surface area contributed by atoms with Crippen molar-refractivity contribution in [1.82, 2.24) is 10.3 Å². The molecule has 0 radical (unpaired) electrons. The molecule has 1 heterocycles. The Bertz CT molecular complexity index is 485. The van der Waals surface area contributed by atoms with E-state index in [1.54, 1.807) is 0 Å². The van der Waals surface area contributed by atoms with Gasteiger partial charge in [-0.15, -0.1) is 11.3 Å². The Kier molecular flexibility index (Phi) is 5.11. The van der Waals surface area contributed by atoms with Gasteiger partial charge in [0.15, 0.2) is 0 Å². The average Bonchev–Trinajstić information content (AvgIpc) is 2.70. The molecular weight excluding hydrogens is 252 g/mol. The number of hydrogen-bond donors (Lipinski definition) is 1. The van der Waals surface area contributed by atoms with Crippen LogP contribution in [0.25, 0.3) is 0 Å². The predicted molar refractivity (Wildman–Crippen MR) is 82.9 cm³/mol. The maximum atomic E-state index is 4.65. The zero-order valence-electron chi connectivity index (χ0n) is 11.9. The molecule has 0 saturated carbocycles. The number of thiazole rings is 1. The molecule has 1 aromatic heterocycles. The molecule has 0 bridgehead atoms. The highest BCUT2D eigenvalue weighted by Crippen LogP contribution is 2.19. The lowest BCUT2D eigenvalue weighted by molar-refractivity contribution is 0.520. The van der Waals surface area contributed by atoms with Crippen LogP contribution in [0.4, 0.5) is 0 Å². The summed E-state index contributed by atoms with van der Waals surface area (Å²) in [5.41, 5.74) is 2.56. The molecule has 1 unspecified atom stereocenters. The summed E-state index contributed by atoms with van der Waals surface area (Å²) in [6.07, 6.45) is 2.08. The van der Waals surface area contributed by atoms with E-state index >= 15 is 0 Å². The minimum Gasteiger partial charge on any atom is -0.314 e. The van der Waals surface area contributed by atoms with Crippen LogP contribution >= 0.6 is 11.3 Å². The SMILES string of the molecule is CCNC(Cc1ccccc1)Cc1nc(C)c(C)s1. The van der Waals surface area contributed by atoms with Crippen molar-refractivity contribution in [2.45, 2.75) is 39.7 Å². The van der Waals surface area contributed by atoms with Gasteiger partial charge in [0.05, 0.1) is 10.7 Å². The van der Waals surface area contributed by atoms with Gasteiger partial charge >= 0.3 is 0 Å². The molecule has 2 nitrogen and oxygen atoms in total. The third-order valence-electron chi connectivity index (χ3n) is 3.31. The van der Waals surface area contributed by atoms with E-state index in [9.17, 15) is 0 Å². The molecule has 1 aromatic carbocycles. The smallest absolute Gasteiger partial charge is 0.0946 e. The lowest BCUT2D eigenvalue weighted by Gasteiger charge is -2.16. The van der Waals surface area contributed by atoms with Crippen molar-refractivity contribution in [3.63, 3.8) is 0 Å². The molecule has 2 rings (SSSR count). The van der Waals surface area contributed by atoms with E-state index in [0.717, 1.165) is 19.4 Å². The number of nitrogens with zero attached hydrogens (tertiary/aromatic N) is 1. The third kappa shape index (κ3) is 4.15. The fraction of sp³-hybridized carbons (Fsp3) is 0.438. The summed E-state index contributed by atoms with van der Waals surface area (Å²) >= 11 is 1.83. The molecule has 0 aliphatic carbocycles. The molecular formula is C16H22N2S. The lowest BCUT2D eigenvalue weighted by Crippen LogP contribution is -2.33. The molecule has 1 atom stereocenters. The van der Waals surface area contributed by atoms with Gasteiger partial charge in [0.25, 0.3) is 0 Å². The van der Waals surface area contributed by atoms with Crippen LogP contribution in [0.2, 0.25) is 0 Å². The van der Waals surface area contributed by atoms with E-state index in [-0.39, 0.29) is 0 Å². The van der Waals surface area contributed by atoms with Gasteiger partial charge in [0.2, 0.25) is 0 Å². The number of rotatable bonds is 6. The Morgan fingerprint density at radius 3 is 2.47 bits per heavy atom. The summed E-state index contributed by atoms with van der Waals surface area (Å²) in [7, 11) is 0. The quantitative estimate of drug-likeness (QED) is 0.871. The first kappa shape index (κ1) is 14.2. The van der Waals surface area contributed by atoms with E-state index < -0.39 is 0 Å². The topological polar surface area (TPSA) is 24.9 Å². The van der Waals surface area contributed by atoms with Crippen LogP contribution < -0.4 is 5.32 Å². The van der Waals surface area contributed by atoms with Crippen LogP contribution in [0.15, 0.2) is 30.3 Å². The first-order valence-electron chi connectivity index (χ1n) is 6.89. The monoisotopic (exact) mass is 274 g/mol. The third-order valence-corrected chi connectivity index (χ3v) is 4.41. The number of aryl methyl sites for hydroxylation is 2. The molecule has 0 fully saturated rings. The standard InChI is InChI=1S/C16H22N2S/c1-4-17-15(10-14-8-6-5-7-9-14)11-16-18-12(2)13(3)19-16/h5-9,15,17H,4,10-11H2,1-3H3. The van der Waals surface area contributed by atoms with Gasteiger partial charge < -0.3 is 5.32 Å². The molecule has 0 spiro atoms.